The lowest BCUT2D eigenvalue weighted by molar-refractivity contribution is -0.138. The molecule has 0 bridgehead atoms. The third-order valence-electron chi connectivity index (χ3n) is 6.44. The summed E-state index contributed by atoms with van der Waals surface area (Å²) in [5, 5.41) is 9.97. The molecule has 3 aliphatic rings. The second kappa shape index (κ2) is 6.56. The van der Waals surface area contributed by atoms with Crippen molar-refractivity contribution in [1.82, 2.24) is 9.88 Å². The van der Waals surface area contributed by atoms with Gasteiger partial charge in [0.2, 0.25) is 5.91 Å². The van der Waals surface area contributed by atoms with E-state index in [1.54, 1.807) is 12.3 Å². The number of amides is 1. The van der Waals surface area contributed by atoms with Crippen molar-refractivity contribution in [1.29, 1.82) is 0 Å². The molecule has 1 N–H and O–H groups in total. The van der Waals surface area contributed by atoms with Gasteiger partial charge in [-0.05, 0) is 49.7 Å². The Bertz CT molecular complexity index is 641. The Morgan fingerprint density at radius 2 is 2.00 bits per heavy atom. The van der Waals surface area contributed by atoms with Gasteiger partial charge in [-0.1, -0.05) is 0 Å². The summed E-state index contributed by atoms with van der Waals surface area (Å²) in [6.45, 7) is 3.09. The zero-order chi connectivity index (χ0) is 17.4. The topological polar surface area (TPSA) is 56.7 Å². The number of nitrogens with zero attached hydrogens (tertiary/aromatic N) is 3. The number of piperidine rings is 2. The number of hydrogen-bond donors (Lipinski definition) is 1. The Hall–Kier alpha value is -1.69. The lowest BCUT2D eigenvalue weighted by Gasteiger charge is -2.51. The van der Waals surface area contributed by atoms with Crippen LogP contribution in [-0.2, 0) is 4.79 Å². The quantitative estimate of drug-likeness (QED) is 0.909. The molecule has 136 valence electrons. The number of aliphatic hydroxyl groups excluding tert-OH is 1. The standard InChI is InChI=1S/C19H26FN3O2/c20-16-2-1-8-21-17(16)22-9-5-19(6-10-22)7-11-23(12-15(19)13-24)18(25)14-3-4-14/h1-2,8,14-15,24H,3-7,9-13H2. The molecule has 3 fully saturated rings. The maximum absolute atomic E-state index is 14.0. The van der Waals surface area contributed by atoms with Crippen molar-refractivity contribution in [3.05, 3.63) is 24.1 Å². The molecule has 1 amide bonds. The number of hydrogen-bond acceptors (Lipinski definition) is 4. The summed E-state index contributed by atoms with van der Waals surface area (Å²) in [4.78, 5) is 20.5. The summed E-state index contributed by atoms with van der Waals surface area (Å²) in [5.41, 5.74) is 0.0663. The van der Waals surface area contributed by atoms with Crippen LogP contribution in [0, 0.1) is 23.1 Å². The molecular weight excluding hydrogens is 321 g/mol. The van der Waals surface area contributed by atoms with Crippen LogP contribution >= 0.6 is 0 Å². The molecule has 1 aliphatic carbocycles. The van der Waals surface area contributed by atoms with Crippen molar-refractivity contribution in [2.75, 3.05) is 37.7 Å². The predicted molar refractivity (Wildman–Crippen MR) is 92.6 cm³/mol. The van der Waals surface area contributed by atoms with E-state index in [0.717, 1.165) is 51.7 Å². The van der Waals surface area contributed by atoms with Gasteiger partial charge in [0.1, 0.15) is 0 Å². The summed E-state index contributed by atoms with van der Waals surface area (Å²) in [5.74, 6) is 0.796. The molecule has 1 unspecified atom stereocenters. The zero-order valence-electron chi connectivity index (χ0n) is 14.5. The highest BCUT2D eigenvalue weighted by Crippen LogP contribution is 2.46. The van der Waals surface area contributed by atoms with Gasteiger partial charge in [0.05, 0.1) is 0 Å². The van der Waals surface area contributed by atoms with Crippen LogP contribution in [0.25, 0.3) is 0 Å². The van der Waals surface area contributed by atoms with Gasteiger partial charge in [0, 0.05) is 50.8 Å². The molecule has 3 heterocycles. The fourth-order valence-electron chi connectivity index (χ4n) is 4.58. The summed E-state index contributed by atoms with van der Waals surface area (Å²) in [6.07, 6.45) is 6.44. The normalized spacial score (nSPS) is 26.1. The van der Waals surface area contributed by atoms with Crippen LogP contribution in [0.4, 0.5) is 10.2 Å². The summed E-state index contributed by atoms with van der Waals surface area (Å²) in [6, 6.07) is 3.06. The van der Waals surface area contributed by atoms with E-state index >= 15 is 0 Å². The van der Waals surface area contributed by atoms with Gasteiger partial charge >= 0.3 is 0 Å². The molecule has 1 aromatic heterocycles. The number of aromatic nitrogens is 1. The molecule has 25 heavy (non-hydrogen) atoms. The molecule has 1 saturated carbocycles. The Morgan fingerprint density at radius 1 is 1.28 bits per heavy atom. The first-order valence-corrected chi connectivity index (χ1v) is 9.38. The van der Waals surface area contributed by atoms with E-state index in [9.17, 15) is 14.3 Å². The van der Waals surface area contributed by atoms with Crippen LogP contribution in [0.3, 0.4) is 0 Å². The smallest absolute Gasteiger partial charge is 0.225 e. The molecule has 1 spiro atoms. The largest absolute Gasteiger partial charge is 0.396 e. The Balaban J connectivity index is 1.43. The molecule has 5 nitrogen and oxygen atoms in total. The van der Waals surface area contributed by atoms with Crippen LogP contribution in [-0.4, -0.2) is 53.7 Å². The fourth-order valence-corrected chi connectivity index (χ4v) is 4.58. The minimum Gasteiger partial charge on any atom is -0.396 e. The van der Waals surface area contributed by atoms with Gasteiger partial charge in [0.25, 0.3) is 0 Å². The maximum atomic E-state index is 14.0. The first-order valence-electron chi connectivity index (χ1n) is 9.38. The van der Waals surface area contributed by atoms with Gasteiger partial charge in [0.15, 0.2) is 11.6 Å². The molecule has 1 aromatic rings. The first kappa shape index (κ1) is 16.8. The van der Waals surface area contributed by atoms with Crippen molar-refractivity contribution in [3.63, 3.8) is 0 Å². The van der Waals surface area contributed by atoms with Gasteiger partial charge in [-0.15, -0.1) is 0 Å². The third-order valence-corrected chi connectivity index (χ3v) is 6.44. The highest BCUT2D eigenvalue weighted by molar-refractivity contribution is 5.81. The van der Waals surface area contributed by atoms with Gasteiger partial charge < -0.3 is 14.9 Å². The van der Waals surface area contributed by atoms with E-state index in [2.05, 4.69) is 4.98 Å². The average Bonchev–Trinajstić information content (AvgIpc) is 3.48. The summed E-state index contributed by atoms with van der Waals surface area (Å²) >= 11 is 0. The summed E-state index contributed by atoms with van der Waals surface area (Å²) < 4.78 is 14.0. The highest BCUT2D eigenvalue weighted by atomic mass is 19.1. The minimum absolute atomic E-state index is 0.0663. The fraction of sp³-hybridized carbons (Fsp3) is 0.684. The van der Waals surface area contributed by atoms with Gasteiger partial charge in [-0.3, -0.25) is 4.79 Å². The van der Waals surface area contributed by atoms with Crippen LogP contribution < -0.4 is 4.90 Å². The van der Waals surface area contributed by atoms with E-state index < -0.39 is 0 Å². The van der Waals surface area contributed by atoms with E-state index in [4.69, 9.17) is 0 Å². The number of likely N-dealkylation sites (tertiary alicyclic amines) is 1. The van der Waals surface area contributed by atoms with E-state index in [1.807, 2.05) is 9.80 Å². The lowest BCUT2D eigenvalue weighted by atomic mass is 9.64. The molecule has 1 atom stereocenters. The second-order valence-electron chi connectivity index (χ2n) is 7.85. The van der Waals surface area contributed by atoms with Crippen LogP contribution in [0.5, 0.6) is 0 Å². The number of anilines is 1. The van der Waals surface area contributed by atoms with Crippen LogP contribution in [0.15, 0.2) is 18.3 Å². The number of halogens is 1. The molecule has 2 saturated heterocycles. The van der Waals surface area contributed by atoms with Crippen molar-refractivity contribution >= 4 is 11.7 Å². The molecule has 2 aliphatic heterocycles. The maximum Gasteiger partial charge on any atom is 0.225 e. The molecule has 0 aromatic carbocycles. The second-order valence-corrected chi connectivity index (χ2v) is 7.85. The first-order chi connectivity index (χ1) is 12.1. The van der Waals surface area contributed by atoms with E-state index in [-0.39, 0.29) is 35.6 Å². The van der Waals surface area contributed by atoms with Crippen molar-refractivity contribution in [2.24, 2.45) is 17.3 Å². The van der Waals surface area contributed by atoms with Crippen LogP contribution in [0.1, 0.15) is 32.1 Å². The zero-order valence-corrected chi connectivity index (χ0v) is 14.5. The number of carbonyl (C=O) groups excluding carboxylic acids is 1. The number of pyridine rings is 1. The summed E-state index contributed by atoms with van der Waals surface area (Å²) in [7, 11) is 0. The average molecular weight is 347 g/mol. The SMILES string of the molecule is O=C(C1CC1)N1CCC2(CCN(c3ncccc3F)CC2)C(CO)C1. The van der Waals surface area contributed by atoms with Crippen molar-refractivity contribution in [3.8, 4) is 0 Å². The van der Waals surface area contributed by atoms with Crippen LogP contribution in [0.2, 0.25) is 0 Å². The van der Waals surface area contributed by atoms with E-state index in [1.165, 1.54) is 6.07 Å². The molecule has 6 heteroatoms. The lowest BCUT2D eigenvalue weighted by Crippen LogP contribution is -2.55. The minimum atomic E-state index is -0.276. The monoisotopic (exact) mass is 347 g/mol. The third kappa shape index (κ3) is 3.12. The molecular formula is C19H26FN3O2. The molecule has 0 radical (unpaired) electrons. The number of carbonyl (C=O) groups is 1. The Morgan fingerprint density at radius 3 is 2.64 bits per heavy atom. The Kier molecular flexibility index (Phi) is 4.40. The van der Waals surface area contributed by atoms with E-state index in [0.29, 0.717) is 12.4 Å². The highest BCUT2D eigenvalue weighted by Gasteiger charge is 2.47. The Labute approximate surface area is 147 Å². The molecule has 4 rings (SSSR count). The van der Waals surface area contributed by atoms with Crippen molar-refractivity contribution in [2.45, 2.75) is 32.1 Å². The number of rotatable bonds is 3. The predicted octanol–water partition coefficient (Wildman–Crippen LogP) is 2.06. The van der Waals surface area contributed by atoms with Gasteiger partial charge in [-0.2, -0.15) is 0 Å². The van der Waals surface area contributed by atoms with Gasteiger partial charge in [-0.25, -0.2) is 9.37 Å². The number of aliphatic hydroxyl groups is 1. The van der Waals surface area contributed by atoms with Crippen molar-refractivity contribution < 1.29 is 14.3 Å².